The SMILES string of the molecule is COc1cc2c(cc1OC)[C@H](CCN1CCN(c3ccccn3)CC1)[C@H](C)N2.Cl.Cl. The second kappa shape index (κ2) is 10.9. The van der Waals surface area contributed by atoms with Crippen molar-refractivity contribution in [1.29, 1.82) is 0 Å². The molecule has 8 heteroatoms. The van der Waals surface area contributed by atoms with Crippen molar-refractivity contribution in [3.63, 3.8) is 0 Å². The van der Waals surface area contributed by atoms with Gasteiger partial charge in [0.25, 0.3) is 0 Å². The van der Waals surface area contributed by atoms with Crippen molar-refractivity contribution >= 4 is 36.3 Å². The molecule has 2 aliphatic heterocycles. The molecule has 1 saturated heterocycles. The number of nitrogens with zero attached hydrogens (tertiary/aromatic N) is 3. The molecule has 0 bridgehead atoms. The van der Waals surface area contributed by atoms with Gasteiger partial charge >= 0.3 is 0 Å². The van der Waals surface area contributed by atoms with Crippen molar-refractivity contribution < 1.29 is 9.47 Å². The molecule has 0 aliphatic carbocycles. The molecule has 30 heavy (non-hydrogen) atoms. The number of rotatable bonds is 6. The number of nitrogens with one attached hydrogen (secondary N) is 1. The summed E-state index contributed by atoms with van der Waals surface area (Å²) in [6.07, 6.45) is 3.01. The van der Waals surface area contributed by atoms with Gasteiger partial charge in [0.15, 0.2) is 11.5 Å². The molecular weight excluding hydrogens is 423 g/mol. The van der Waals surface area contributed by atoms with E-state index in [9.17, 15) is 0 Å². The van der Waals surface area contributed by atoms with Crippen LogP contribution >= 0.6 is 24.8 Å². The molecule has 0 unspecified atom stereocenters. The lowest BCUT2D eigenvalue weighted by atomic mass is 9.92. The summed E-state index contributed by atoms with van der Waals surface area (Å²) in [6.45, 7) is 7.63. The quantitative estimate of drug-likeness (QED) is 0.710. The van der Waals surface area contributed by atoms with Gasteiger partial charge in [0, 0.05) is 56.1 Å². The molecule has 6 nitrogen and oxygen atoms in total. The summed E-state index contributed by atoms with van der Waals surface area (Å²) >= 11 is 0. The predicted octanol–water partition coefficient (Wildman–Crippen LogP) is 4.05. The van der Waals surface area contributed by atoms with Gasteiger partial charge < -0.3 is 19.7 Å². The highest BCUT2D eigenvalue weighted by Gasteiger charge is 2.31. The molecule has 0 radical (unpaired) electrons. The number of piperazine rings is 1. The first kappa shape index (κ1) is 24.4. The van der Waals surface area contributed by atoms with Crippen molar-refractivity contribution in [1.82, 2.24) is 9.88 Å². The van der Waals surface area contributed by atoms with Crippen molar-refractivity contribution in [2.45, 2.75) is 25.3 Å². The largest absolute Gasteiger partial charge is 0.493 e. The van der Waals surface area contributed by atoms with Crippen LogP contribution in [0.15, 0.2) is 36.5 Å². The summed E-state index contributed by atoms with van der Waals surface area (Å²) in [6, 6.07) is 10.8. The van der Waals surface area contributed by atoms with Crippen LogP contribution in [0.5, 0.6) is 11.5 Å². The molecule has 2 aromatic rings. The Balaban J connectivity index is 0.00000160. The minimum atomic E-state index is 0. The lowest BCUT2D eigenvalue weighted by Gasteiger charge is -2.36. The van der Waals surface area contributed by atoms with E-state index in [2.05, 4.69) is 51.3 Å². The van der Waals surface area contributed by atoms with Gasteiger partial charge in [0.2, 0.25) is 0 Å². The summed E-state index contributed by atoms with van der Waals surface area (Å²) in [5, 5.41) is 3.62. The average Bonchev–Trinajstić information content (AvgIpc) is 3.06. The number of pyridine rings is 1. The number of hydrogen-bond acceptors (Lipinski definition) is 6. The Kier molecular flexibility index (Phi) is 8.89. The van der Waals surface area contributed by atoms with Crippen LogP contribution in [0.1, 0.15) is 24.8 Å². The predicted molar refractivity (Wildman–Crippen MR) is 127 cm³/mol. The van der Waals surface area contributed by atoms with Crippen LogP contribution in [0.25, 0.3) is 0 Å². The average molecular weight is 455 g/mol. The highest BCUT2D eigenvalue weighted by molar-refractivity contribution is 5.85. The van der Waals surface area contributed by atoms with Gasteiger partial charge in [-0.15, -0.1) is 24.8 Å². The topological polar surface area (TPSA) is 49.9 Å². The fourth-order valence-electron chi connectivity index (χ4n) is 4.41. The van der Waals surface area contributed by atoms with Gasteiger partial charge in [-0.2, -0.15) is 0 Å². The highest BCUT2D eigenvalue weighted by atomic mass is 35.5. The standard InChI is InChI=1S/C22H30N4O2.2ClH/c1-16-17(18-14-20(27-2)21(28-3)15-19(18)24-16)7-9-25-10-12-26(13-11-25)22-6-4-5-8-23-22;;/h4-6,8,14-17,24H,7,9-13H2,1-3H3;2*1H/t16-,17+;;/m0../s1. The van der Waals surface area contributed by atoms with Crippen LogP contribution in [0.4, 0.5) is 11.5 Å². The molecule has 0 saturated carbocycles. The number of methoxy groups -OCH3 is 2. The molecule has 3 heterocycles. The van der Waals surface area contributed by atoms with Crippen molar-refractivity contribution in [2.24, 2.45) is 0 Å². The minimum Gasteiger partial charge on any atom is -0.493 e. The Morgan fingerprint density at radius 2 is 1.73 bits per heavy atom. The van der Waals surface area contributed by atoms with E-state index in [0.717, 1.165) is 56.5 Å². The molecule has 1 fully saturated rings. The van der Waals surface area contributed by atoms with Crippen molar-refractivity contribution in [3.05, 3.63) is 42.1 Å². The van der Waals surface area contributed by atoms with E-state index in [1.54, 1.807) is 14.2 Å². The maximum atomic E-state index is 5.52. The van der Waals surface area contributed by atoms with Crippen LogP contribution in [0.3, 0.4) is 0 Å². The van der Waals surface area contributed by atoms with Gasteiger partial charge in [-0.1, -0.05) is 6.07 Å². The van der Waals surface area contributed by atoms with Crippen molar-refractivity contribution in [2.75, 3.05) is 57.2 Å². The maximum absolute atomic E-state index is 5.52. The minimum absolute atomic E-state index is 0. The second-order valence-electron chi connectivity index (χ2n) is 7.64. The third-order valence-corrected chi connectivity index (χ3v) is 6.04. The molecule has 0 amide bonds. The molecule has 1 N–H and O–H groups in total. The van der Waals surface area contributed by atoms with E-state index in [0.29, 0.717) is 12.0 Å². The lowest BCUT2D eigenvalue weighted by molar-refractivity contribution is 0.246. The molecule has 1 aromatic heterocycles. The number of aromatic nitrogens is 1. The normalized spacial score (nSPS) is 20.4. The summed E-state index contributed by atoms with van der Waals surface area (Å²) in [5.41, 5.74) is 2.52. The third-order valence-electron chi connectivity index (χ3n) is 6.04. The summed E-state index contributed by atoms with van der Waals surface area (Å²) in [5.74, 6) is 3.17. The maximum Gasteiger partial charge on any atom is 0.162 e. The number of hydrogen-bond donors (Lipinski definition) is 1. The van der Waals surface area contributed by atoms with Crippen LogP contribution < -0.4 is 19.7 Å². The van der Waals surface area contributed by atoms with E-state index < -0.39 is 0 Å². The van der Waals surface area contributed by atoms with Crippen LogP contribution in [0.2, 0.25) is 0 Å². The molecule has 0 spiro atoms. The number of benzene rings is 1. The third kappa shape index (κ3) is 5.05. The Morgan fingerprint density at radius 1 is 1.03 bits per heavy atom. The first-order valence-corrected chi connectivity index (χ1v) is 10.1. The summed E-state index contributed by atoms with van der Waals surface area (Å²) in [7, 11) is 3.39. The first-order valence-electron chi connectivity index (χ1n) is 10.1. The summed E-state index contributed by atoms with van der Waals surface area (Å²) in [4.78, 5) is 9.43. The molecule has 2 aliphatic rings. The van der Waals surface area contributed by atoms with Crippen molar-refractivity contribution in [3.8, 4) is 11.5 Å². The molecule has 166 valence electrons. The van der Waals surface area contributed by atoms with Crippen LogP contribution in [-0.2, 0) is 0 Å². The molecular formula is C22H32Cl2N4O2. The van der Waals surface area contributed by atoms with E-state index in [1.807, 2.05) is 12.3 Å². The van der Waals surface area contributed by atoms with E-state index >= 15 is 0 Å². The van der Waals surface area contributed by atoms with Crippen LogP contribution in [0, 0.1) is 0 Å². The lowest BCUT2D eigenvalue weighted by Crippen LogP contribution is -2.47. The van der Waals surface area contributed by atoms with Gasteiger partial charge in [-0.3, -0.25) is 4.90 Å². The van der Waals surface area contributed by atoms with Gasteiger partial charge in [-0.05, 0) is 43.7 Å². The summed E-state index contributed by atoms with van der Waals surface area (Å²) < 4.78 is 11.0. The van der Waals surface area contributed by atoms with Gasteiger partial charge in [0.1, 0.15) is 5.82 Å². The first-order chi connectivity index (χ1) is 13.7. The highest BCUT2D eigenvalue weighted by Crippen LogP contribution is 2.44. The van der Waals surface area contributed by atoms with E-state index in [1.165, 1.54) is 11.3 Å². The van der Waals surface area contributed by atoms with Gasteiger partial charge in [0.05, 0.1) is 14.2 Å². The Labute approximate surface area is 191 Å². The molecule has 2 atom stereocenters. The number of ether oxygens (including phenoxy) is 2. The fraction of sp³-hybridized carbons (Fsp3) is 0.500. The van der Waals surface area contributed by atoms with Crippen LogP contribution in [-0.4, -0.2) is 62.9 Å². The number of halogens is 2. The zero-order chi connectivity index (χ0) is 19.5. The number of anilines is 2. The molecule has 4 rings (SSSR count). The number of fused-ring (bicyclic) bond motifs is 1. The zero-order valence-corrected chi connectivity index (χ0v) is 19.5. The Bertz CT molecular complexity index is 801. The smallest absolute Gasteiger partial charge is 0.162 e. The van der Waals surface area contributed by atoms with Gasteiger partial charge in [-0.25, -0.2) is 4.98 Å². The second-order valence-corrected chi connectivity index (χ2v) is 7.64. The molecule has 1 aromatic carbocycles. The monoisotopic (exact) mass is 454 g/mol. The van der Waals surface area contributed by atoms with E-state index in [-0.39, 0.29) is 24.8 Å². The Hall–Kier alpha value is -1.89. The fourth-order valence-corrected chi connectivity index (χ4v) is 4.41. The Morgan fingerprint density at radius 3 is 2.37 bits per heavy atom. The van der Waals surface area contributed by atoms with E-state index in [4.69, 9.17) is 9.47 Å². The zero-order valence-electron chi connectivity index (χ0n) is 17.8.